The first-order valence-electron chi connectivity index (χ1n) is 12.5. The minimum Gasteiger partial charge on any atom is -0.493 e. The van der Waals surface area contributed by atoms with Crippen LogP contribution < -0.4 is 14.4 Å². The maximum absolute atomic E-state index is 13.9. The smallest absolute Gasteiger partial charge is 0.420 e. The van der Waals surface area contributed by atoms with Crippen LogP contribution in [-0.4, -0.2) is 74.1 Å². The van der Waals surface area contributed by atoms with Crippen LogP contribution in [0.4, 0.5) is 20.7 Å². The summed E-state index contributed by atoms with van der Waals surface area (Å²) in [6.45, 7) is 8.74. The Kier molecular flexibility index (Phi) is 9.54. The van der Waals surface area contributed by atoms with Crippen molar-refractivity contribution in [1.82, 2.24) is 14.9 Å². The number of anilines is 2. The second-order valence-electron chi connectivity index (χ2n) is 9.28. The summed E-state index contributed by atoms with van der Waals surface area (Å²) in [6.07, 6.45) is 1.49. The fourth-order valence-electron chi connectivity index (χ4n) is 4.04. The first-order chi connectivity index (χ1) is 18.4. The average molecular weight is 547 g/mol. The van der Waals surface area contributed by atoms with Crippen LogP contribution in [0.15, 0.2) is 36.7 Å². The number of ether oxygens (including phenoxy) is 4. The van der Waals surface area contributed by atoms with Gasteiger partial charge < -0.3 is 18.9 Å². The fraction of sp³-hybridized carbons (Fsp3) is 0.444. The van der Waals surface area contributed by atoms with Crippen molar-refractivity contribution in [2.45, 2.75) is 20.3 Å². The van der Waals surface area contributed by atoms with E-state index >= 15 is 0 Å². The molecule has 1 aliphatic rings. The van der Waals surface area contributed by atoms with E-state index in [0.29, 0.717) is 34.7 Å². The van der Waals surface area contributed by atoms with Crippen molar-refractivity contribution in [1.29, 1.82) is 0 Å². The van der Waals surface area contributed by atoms with Gasteiger partial charge in [-0.15, -0.1) is 0 Å². The second kappa shape index (κ2) is 13.0. The number of methoxy groups -OCH3 is 1. The lowest BCUT2D eigenvalue weighted by molar-refractivity contribution is 0.0357. The van der Waals surface area contributed by atoms with Gasteiger partial charge in [-0.25, -0.2) is 24.1 Å². The van der Waals surface area contributed by atoms with Crippen molar-refractivity contribution >= 4 is 40.1 Å². The van der Waals surface area contributed by atoms with Crippen LogP contribution in [0, 0.1) is 11.7 Å². The third-order valence-corrected chi connectivity index (χ3v) is 6.27. The number of rotatable bonds is 10. The van der Waals surface area contributed by atoms with Crippen molar-refractivity contribution < 1.29 is 28.1 Å². The van der Waals surface area contributed by atoms with E-state index in [4.69, 9.17) is 30.5 Å². The zero-order chi connectivity index (χ0) is 27.1. The van der Waals surface area contributed by atoms with Gasteiger partial charge in [0.25, 0.3) is 0 Å². The van der Waals surface area contributed by atoms with Gasteiger partial charge in [0.05, 0.1) is 49.8 Å². The molecular formula is C27H32ClFN4O5. The predicted molar refractivity (Wildman–Crippen MR) is 143 cm³/mol. The Bertz CT molecular complexity index is 1260. The highest BCUT2D eigenvalue weighted by Gasteiger charge is 2.26. The third kappa shape index (κ3) is 6.80. The first kappa shape index (κ1) is 27.8. The number of hydrogen-bond acceptors (Lipinski definition) is 8. The van der Waals surface area contributed by atoms with Gasteiger partial charge in [0.1, 0.15) is 12.1 Å². The van der Waals surface area contributed by atoms with Crippen LogP contribution >= 0.6 is 11.6 Å². The maximum Gasteiger partial charge on any atom is 0.420 e. The maximum atomic E-state index is 13.9. The van der Waals surface area contributed by atoms with Crippen molar-refractivity contribution in [2.24, 2.45) is 5.92 Å². The molecule has 1 aromatic heterocycles. The molecule has 1 amide bonds. The number of aromatic nitrogens is 2. The second-order valence-corrected chi connectivity index (χ2v) is 9.69. The van der Waals surface area contributed by atoms with Crippen molar-refractivity contribution in [3.63, 3.8) is 0 Å². The third-order valence-electron chi connectivity index (χ3n) is 5.98. The molecule has 38 heavy (non-hydrogen) atoms. The SMILES string of the molecule is COc1cc2ncnc(N(C(=O)OCC(C)C)c3ccc(F)c(Cl)c3)c2cc1OCCCN1CCOCC1. The van der Waals surface area contributed by atoms with Crippen LogP contribution in [0.2, 0.25) is 5.02 Å². The molecule has 0 saturated carbocycles. The molecule has 1 fully saturated rings. The van der Waals surface area contributed by atoms with E-state index in [2.05, 4.69) is 14.9 Å². The molecule has 0 bridgehead atoms. The first-order valence-corrected chi connectivity index (χ1v) is 12.9. The average Bonchev–Trinajstić information content (AvgIpc) is 2.92. The van der Waals surface area contributed by atoms with Crippen molar-refractivity contribution in [2.75, 3.05) is 58.1 Å². The lowest BCUT2D eigenvalue weighted by Crippen LogP contribution is -2.37. The molecule has 2 heterocycles. The van der Waals surface area contributed by atoms with E-state index < -0.39 is 11.9 Å². The molecule has 11 heteroatoms. The van der Waals surface area contributed by atoms with E-state index in [1.165, 1.54) is 29.4 Å². The number of morpholine rings is 1. The van der Waals surface area contributed by atoms with Crippen molar-refractivity contribution in [3.8, 4) is 11.5 Å². The van der Waals surface area contributed by atoms with Gasteiger partial charge in [-0.3, -0.25) is 4.90 Å². The van der Waals surface area contributed by atoms with E-state index in [-0.39, 0.29) is 23.4 Å². The zero-order valence-electron chi connectivity index (χ0n) is 21.8. The van der Waals surface area contributed by atoms with E-state index in [9.17, 15) is 9.18 Å². The molecule has 0 spiro atoms. The summed E-state index contributed by atoms with van der Waals surface area (Å²) >= 11 is 6.05. The van der Waals surface area contributed by atoms with Crippen LogP contribution in [0.25, 0.3) is 10.9 Å². The van der Waals surface area contributed by atoms with E-state index in [1.807, 2.05) is 13.8 Å². The number of carbonyl (C=O) groups is 1. The lowest BCUT2D eigenvalue weighted by Gasteiger charge is -2.26. The summed E-state index contributed by atoms with van der Waals surface area (Å²) in [6, 6.07) is 7.46. The Morgan fingerprint density at radius 3 is 2.68 bits per heavy atom. The molecule has 0 radical (unpaired) electrons. The highest BCUT2D eigenvalue weighted by atomic mass is 35.5. The molecule has 0 aliphatic carbocycles. The monoisotopic (exact) mass is 546 g/mol. The van der Waals surface area contributed by atoms with Crippen LogP contribution in [0.5, 0.6) is 11.5 Å². The topological polar surface area (TPSA) is 86.3 Å². The van der Waals surface area contributed by atoms with Gasteiger partial charge in [-0.05, 0) is 36.6 Å². The number of amides is 1. The summed E-state index contributed by atoms with van der Waals surface area (Å²) < 4.78 is 36.5. The number of carbonyl (C=O) groups excluding carboxylic acids is 1. The van der Waals surface area contributed by atoms with Gasteiger partial charge >= 0.3 is 6.09 Å². The zero-order valence-corrected chi connectivity index (χ0v) is 22.5. The van der Waals surface area contributed by atoms with Gasteiger partial charge in [0.2, 0.25) is 0 Å². The van der Waals surface area contributed by atoms with Gasteiger partial charge in [0, 0.05) is 31.1 Å². The number of benzene rings is 2. The Balaban J connectivity index is 1.66. The number of halogens is 2. The molecular weight excluding hydrogens is 515 g/mol. The Morgan fingerprint density at radius 2 is 1.97 bits per heavy atom. The highest BCUT2D eigenvalue weighted by molar-refractivity contribution is 6.31. The molecule has 204 valence electrons. The summed E-state index contributed by atoms with van der Waals surface area (Å²) in [4.78, 5) is 25.7. The van der Waals surface area contributed by atoms with E-state index in [0.717, 1.165) is 39.3 Å². The fourth-order valence-corrected chi connectivity index (χ4v) is 4.21. The quantitative estimate of drug-likeness (QED) is 0.310. The Morgan fingerprint density at radius 1 is 1.18 bits per heavy atom. The predicted octanol–water partition coefficient (Wildman–Crippen LogP) is 5.46. The Labute approximate surface area is 226 Å². The van der Waals surface area contributed by atoms with Crippen molar-refractivity contribution in [3.05, 3.63) is 47.5 Å². The van der Waals surface area contributed by atoms with Crippen LogP contribution in [0.3, 0.4) is 0 Å². The van der Waals surface area contributed by atoms with E-state index in [1.54, 1.807) is 19.2 Å². The number of fused-ring (bicyclic) bond motifs is 1. The number of hydrogen-bond donors (Lipinski definition) is 0. The van der Waals surface area contributed by atoms with Gasteiger partial charge in [-0.2, -0.15) is 0 Å². The molecule has 0 unspecified atom stereocenters. The molecule has 1 saturated heterocycles. The molecule has 3 aromatic rings. The molecule has 0 atom stereocenters. The minimum atomic E-state index is -0.676. The standard InChI is InChI=1S/C27H32ClFN4O5/c1-18(2)16-38-27(34)33(19-5-6-22(29)21(28)13-19)26-20-14-25(24(35-3)15-23(20)30-17-31-26)37-10-4-7-32-8-11-36-12-9-32/h5-6,13-15,17-18H,4,7-12,16H2,1-3H3. The lowest BCUT2D eigenvalue weighted by atomic mass is 10.2. The summed E-state index contributed by atoms with van der Waals surface area (Å²) in [5.74, 6) is 0.752. The summed E-state index contributed by atoms with van der Waals surface area (Å²) in [5.41, 5.74) is 0.830. The van der Waals surface area contributed by atoms with Gasteiger partial charge in [0.15, 0.2) is 17.3 Å². The molecule has 9 nitrogen and oxygen atoms in total. The van der Waals surface area contributed by atoms with Crippen LogP contribution in [0.1, 0.15) is 20.3 Å². The number of nitrogens with zero attached hydrogens (tertiary/aromatic N) is 4. The van der Waals surface area contributed by atoms with Gasteiger partial charge in [-0.1, -0.05) is 25.4 Å². The molecule has 1 aliphatic heterocycles. The summed E-state index contributed by atoms with van der Waals surface area (Å²) in [5, 5.41) is 0.395. The molecule has 0 N–H and O–H groups in total. The minimum absolute atomic E-state index is 0.112. The molecule has 2 aromatic carbocycles. The normalized spacial score (nSPS) is 14.1. The van der Waals surface area contributed by atoms with Crippen LogP contribution in [-0.2, 0) is 9.47 Å². The molecule has 4 rings (SSSR count). The Hall–Kier alpha value is -3.21. The summed E-state index contributed by atoms with van der Waals surface area (Å²) in [7, 11) is 1.56. The highest BCUT2D eigenvalue weighted by Crippen LogP contribution is 2.38. The largest absolute Gasteiger partial charge is 0.493 e.